The summed E-state index contributed by atoms with van der Waals surface area (Å²) in [7, 11) is 1.81. The van der Waals surface area contributed by atoms with Crippen molar-refractivity contribution in [2.75, 3.05) is 26.8 Å². The Balaban J connectivity index is 1.89. The Morgan fingerprint density at radius 2 is 2.17 bits per heavy atom. The van der Waals surface area contributed by atoms with Crippen LogP contribution in [0.5, 0.6) is 0 Å². The lowest BCUT2D eigenvalue weighted by molar-refractivity contribution is 0.0592. The average Bonchev–Trinajstić information content (AvgIpc) is 3.21. The first-order valence-electron chi connectivity index (χ1n) is 7.74. The molecule has 1 N–H and O–H groups in total. The Morgan fingerprint density at radius 3 is 2.78 bits per heavy atom. The van der Waals surface area contributed by atoms with E-state index in [1.54, 1.807) is 7.11 Å². The Hall–Kier alpha value is -0.120. The van der Waals surface area contributed by atoms with E-state index in [1.165, 1.54) is 38.8 Å². The number of nitrogens with zero attached hydrogens (tertiary/aromatic N) is 1. The minimum absolute atomic E-state index is 0.657. The maximum absolute atomic E-state index is 5.24. The molecule has 1 saturated heterocycles. The van der Waals surface area contributed by atoms with Gasteiger partial charge in [-0.15, -0.1) is 0 Å². The minimum atomic E-state index is 0.657. The van der Waals surface area contributed by atoms with E-state index < -0.39 is 0 Å². The van der Waals surface area contributed by atoms with Crippen molar-refractivity contribution in [3.05, 3.63) is 0 Å². The zero-order valence-corrected chi connectivity index (χ0v) is 12.3. The fraction of sp³-hybridized carbons (Fsp3) is 1.00. The summed E-state index contributed by atoms with van der Waals surface area (Å²) in [6.07, 6.45) is 6.65. The van der Waals surface area contributed by atoms with Crippen molar-refractivity contribution in [2.45, 2.75) is 64.1 Å². The molecule has 3 atom stereocenters. The molecule has 0 amide bonds. The molecule has 0 spiro atoms. The summed E-state index contributed by atoms with van der Waals surface area (Å²) < 4.78 is 5.24. The standard InChI is InChI=1S/C15H30N2O/c1-4-5-14-10-16-15(13-6-7-13)11-17(14)12(2)8-9-18-3/h12-16H,4-11H2,1-3H3. The van der Waals surface area contributed by atoms with Gasteiger partial charge in [0.25, 0.3) is 0 Å². The van der Waals surface area contributed by atoms with Gasteiger partial charge in [-0.2, -0.15) is 0 Å². The Kier molecular flexibility index (Phi) is 5.46. The first-order chi connectivity index (χ1) is 8.76. The van der Waals surface area contributed by atoms with Gasteiger partial charge in [0.05, 0.1) is 0 Å². The molecular weight excluding hydrogens is 224 g/mol. The molecule has 0 aromatic rings. The zero-order chi connectivity index (χ0) is 13.0. The highest BCUT2D eigenvalue weighted by Crippen LogP contribution is 2.35. The molecule has 2 fully saturated rings. The molecular formula is C15H30N2O. The van der Waals surface area contributed by atoms with E-state index in [0.717, 1.165) is 31.0 Å². The number of nitrogens with one attached hydrogen (secondary N) is 1. The maximum atomic E-state index is 5.24. The SMILES string of the molecule is CCCC1CNC(C2CC2)CN1C(C)CCOC. The molecule has 1 heterocycles. The molecule has 1 saturated carbocycles. The number of rotatable bonds is 7. The quantitative estimate of drug-likeness (QED) is 0.754. The van der Waals surface area contributed by atoms with Crippen LogP contribution in [0.1, 0.15) is 46.0 Å². The Morgan fingerprint density at radius 1 is 1.39 bits per heavy atom. The third-order valence-electron chi connectivity index (χ3n) is 4.61. The summed E-state index contributed by atoms with van der Waals surface area (Å²) in [6.45, 7) is 7.99. The molecule has 0 aromatic carbocycles. The smallest absolute Gasteiger partial charge is 0.0477 e. The molecule has 18 heavy (non-hydrogen) atoms. The van der Waals surface area contributed by atoms with E-state index in [9.17, 15) is 0 Å². The van der Waals surface area contributed by atoms with Crippen molar-refractivity contribution in [1.82, 2.24) is 10.2 Å². The van der Waals surface area contributed by atoms with Gasteiger partial charge in [0, 0.05) is 44.9 Å². The molecule has 3 heteroatoms. The minimum Gasteiger partial charge on any atom is -0.385 e. The average molecular weight is 254 g/mol. The Labute approximate surface area is 112 Å². The van der Waals surface area contributed by atoms with Crippen molar-refractivity contribution < 1.29 is 4.74 Å². The molecule has 0 bridgehead atoms. The summed E-state index contributed by atoms with van der Waals surface area (Å²) in [5.41, 5.74) is 0. The lowest BCUT2D eigenvalue weighted by Gasteiger charge is -2.44. The first-order valence-corrected chi connectivity index (χ1v) is 7.74. The first kappa shape index (κ1) is 14.3. The largest absolute Gasteiger partial charge is 0.385 e. The van der Waals surface area contributed by atoms with Gasteiger partial charge >= 0.3 is 0 Å². The normalized spacial score (nSPS) is 31.5. The van der Waals surface area contributed by atoms with Crippen LogP contribution in [0.4, 0.5) is 0 Å². The van der Waals surface area contributed by atoms with Gasteiger partial charge in [-0.25, -0.2) is 0 Å². The zero-order valence-electron chi connectivity index (χ0n) is 12.3. The summed E-state index contributed by atoms with van der Waals surface area (Å²) in [4.78, 5) is 2.75. The molecule has 1 aliphatic carbocycles. The summed E-state index contributed by atoms with van der Waals surface area (Å²) in [5.74, 6) is 0.963. The number of piperazine rings is 1. The predicted octanol–water partition coefficient (Wildman–Crippen LogP) is 2.26. The highest BCUT2D eigenvalue weighted by molar-refractivity contribution is 4.95. The van der Waals surface area contributed by atoms with Crippen molar-refractivity contribution in [3.8, 4) is 0 Å². The van der Waals surface area contributed by atoms with E-state index in [1.807, 2.05) is 0 Å². The van der Waals surface area contributed by atoms with E-state index in [4.69, 9.17) is 4.74 Å². The van der Waals surface area contributed by atoms with Crippen molar-refractivity contribution >= 4 is 0 Å². The third kappa shape index (κ3) is 3.69. The number of methoxy groups -OCH3 is 1. The van der Waals surface area contributed by atoms with Crippen LogP contribution in [-0.4, -0.2) is 49.8 Å². The molecule has 0 radical (unpaired) electrons. The van der Waals surface area contributed by atoms with E-state index in [0.29, 0.717) is 6.04 Å². The van der Waals surface area contributed by atoms with Crippen LogP contribution in [0.2, 0.25) is 0 Å². The number of hydrogen-bond donors (Lipinski definition) is 1. The van der Waals surface area contributed by atoms with Crippen LogP contribution in [0, 0.1) is 5.92 Å². The van der Waals surface area contributed by atoms with Gasteiger partial charge < -0.3 is 10.1 Å². The Bertz CT molecular complexity index is 243. The molecule has 2 aliphatic rings. The molecule has 106 valence electrons. The fourth-order valence-corrected chi connectivity index (χ4v) is 3.25. The van der Waals surface area contributed by atoms with Crippen LogP contribution in [0.3, 0.4) is 0 Å². The maximum Gasteiger partial charge on any atom is 0.0477 e. The summed E-state index contributed by atoms with van der Waals surface area (Å²) in [6, 6.07) is 2.14. The summed E-state index contributed by atoms with van der Waals surface area (Å²) >= 11 is 0. The lowest BCUT2D eigenvalue weighted by Crippen LogP contribution is -2.59. The molecule has 3 unspecified atom stereocenters. The highest BCUT2D eigenvalue weighted by Gasteiger charge is 2.38. The van der Waals surface area contributed by atoms with Crippen molar-refractivity contribution in [3.63, 3.8) is 0 Å². The van der Waals surface area contributed by atoms with E-state index >= 15 is 0 Å². The van der Waals surface area contributed by atoms with Gasteiger partial charge in [0.1, 0.15) is 0 Å². The molecule has 3 nitrogen and oxygen atoms in total. The highest BCUT2D eigenvalue weighted by atomic mass is 16.5. The topological polar surface area (TPSA) is 24.5 Å². The number of ether oxygens (including phenoxy) is 1. The fourth-order valence-electron chi connectivity index (χ4n) is 3.25. The van der Waals surface area contributed by atoms with E-state index in [-0.39, 0.29) is 0 Å². The second-order valence-electron chi connectivity index (χ2n) is 6.12. The van der Waals surface area contributed by atoms with Crippen LogP contribution >= 0.6 is 0 Å². The van der Waals surface area contributed by atoms with Crippen LogP contribution in [-0.2, 0) is 4.74 Å². The van der Waals surface area contributed by atoms with Crippen LogP contribution in [0.15, 0.2) is 0 Å². The van der Waals surface area contributed by atoms with E-state index in [2.05, 4.69) is 24.1 Å². The monoisotopic (exact) mass is 254 g/mol. The van der Waals surface area contributed by atoms with Gasteiger partial charge in [-0.3, -0.25) is 4.90 Å². The molecule has 1 aliphatic heterocycles. The predicted molar refractivity (Wildman–Crippen MR) is 75.9 cm³/mol. The number of hydrogen-bond acceptors (Lipinski definition) is 3. The summed E-state index contributed by atoms with van der Waals surface area (Å²) in [5, 5.41) is 3.78. The lowest BCUT2D eigenvalue weighted by atomic mass is 9.99. The van der Waals surface area contributed by atoms with Crippen LogP contribution < -0.4 is 5.32 Å². The second kappa shape index (κ2) is 6.88. The molecule has 0 aromatic heterocycles. The van der Waals surface area contributed by atoms with Gasteiger partial charge in [0.2, 0.25) is 0 Å². The molecule has 2 rings (SSSR count). The van der Waals surface area contributed by atoms with Gasteiger partial charge in [-0.1, -0.05) is 13.3 Å². The van der Waals surface area contributed by atoms with Crippen molar-refractivity contribution in [2.24, 2.45) is 5.92 Å². The van der Waals surface area contributed by atoms with Crippen LogP contribution in [0.25, 0.3) is 0 Å². The van der Waals surface area contributed by atoms with Crippen molar-refractivity contribution in [1.29, 1.82) is 0 Å². The van der Waals surface area contributed by atoms with Gasteiger partial charge in [0.15, 0.2) is 0 Å². The second-order valence-corrected chi connectivity index (χ2v) is 6.12. The third-order valence-corrected chi connectivity index (χ3v) is 4.61. The van der Waals surface area contributed by atoms with Gasteiger partial charge in [-0.05, 0) is 38.5 Å².